The summed E-state index contributed by atoms with van der Waals surface area (Å²) in [5.74, 6) is 1.41. The molecule has 0 aliphatic rings. The van der Waals surface area contributed by atoms with Crippen molar-refractivity contribution in [3.63, 3.8) is 0 Å². The lowest BCUT2D eigenvalue weighted by molar-refractivity contribution is -0.105. The van der Waals surface area contributed by atoms with Crippen LogP contribution in [0.1, 0.15) is 37.6 Å². The summed E-state index contributed by atoms with van der Waals surface area (Å²) in [6.45, 7) is 6.55. The number of thiazole rings is 1. The summed E-state index contributed by atoms with van der Waals surface area (Å²) in [4.78, 5) is 31.7. The fourth-order valence-electron chi connectivity index (χ4n) is 3.16. The molecule has 2 aromatic carbocycles. The molecular weight excluding hydrogens is 460 g/mol. The molecule has 4 rings (SSSR count). The Kier molecular flexibility index (Phi) is 9.31. The number of benzene rings is 2. The van der Waals surface area contributed by atoms with Crippen molar-refractivity contribution in [1.82, 2.24) is 9.97 Å². The lowest BCUT2D eigenvalue weighted by Gasteiger charge is -2.11. The number of rotatable bonds is 9. The van der Waals surface area contributed by atoms with Crippen molar-refractivity contribution in [1.29, 1.82) is 0 Å². The zero-order valence-corrected chi connectivity index (χ0v) is 21.2. The number of hydrogen-bond acceptors (Lipinski definition) is 7. The van der Waals surface area contributed by atoms with Crippen LogP contribution in [0.25, 0.3) is 21.6 Å². The van der Waals surface area contributed by atoms with Gasteiger partial charge in [0.25, 0.3) is 0 Å². The third-order valence-electron chi connectivity index (χ3n) is 5.09. The first kappa shape index (κ1) is 25.8. The maximum atomic E-state index is 11.4. The number of ether oxygens (including phenoxy) is 1. The van der Waals surface area contributed by atoms with Gasteiger partial charge in [0.05, 0.1) is 18.0 Å². The van der Waals surface area contributed by atoms with Crippen molar-refractivity contribution in [2.75, 3.05) is 24.3 Å². The molecule has 4 aromatic rings. The molecule has 0 saturated heterocycles. The van der Waals surface area contributed by atoms with E-state index in [0.717, 1.165) is 44.6 Å². The van der Waals surface area contributed by atoms with Crippen LogP contribution in [0.5, 0.6) is 5.75 Å². The highest BCUT2D eigenvalue weighted by Gasteiger charge is 2.08. The summed E-state index contributed by atoms with van der Waals surface area (Å²) in [6.07, 6.45) is 1.67. The van der Waals surface area contributed by atoms with Gasteiger partial charge in [-0.25, -0.2) is 9.97 Å². The second-order valence-electron chi connectivity index (χ2n) is 8.22. The molecule has 2 aromatic heterocycles. The van der Waals surface area contributed by atoms with Gasteiger partial charge in [0, 0.05) is 18.2 Å². The van der Waals surface area contributed by atoms with Gasteiger partial charge < -0.3 is 15.4 Å². The molecule has 182 valence electrons. The number of aromatic nitrogens is 2. The third-order valence-corrected chi connectivity index (χ3v) is 6.07. The zero-order valence-electron chi connectivity index (χ0n) is 20.4. The van der Waals surface area contributed by atoms with Gasteiger partial charge >= 0.3 is 0 Å². The Bertz CT molecular complexity index is 1290. The molecule has 2 N–H and O–H groups in total. The van der Waals surface area contributed by atoms with Crippen molar-refractivity contribution in [3.8, 4) is 17.0 Å². The molecule has 1 amide bonds. The minimum absolute atomic E-state index is 0.0585. The molecule has 2 heterocycles. The first-order valence-corrected chi connectivity index (χ1v) is 12.2. The van der Waals surface area contributed by atoms with Gasteiger partial charge in [-0.15, -0.1) is 0 Å². The summed E-state index contributed by atoms with van der Waals surface area (Å²) in [6, 6.07) is 18.8. The van der Waals surface area contributed by atoms with Crippen LogP contribution >= 0.6 is 11.3 Å². The van der Waals surface area contributed by atoms with E-state index >= 15 is 0 Å². The van der Waals surface area contributed by atoms with E-state index in [0.29, 0.717) is 24.5 Å². The quantitative estimate of drug-likeness (QED) is 0.212. The number of nitrogens with one attached hydrogen (secondary N) is 2. The van der Waals surface area contributed by atoms with E-state index in [1.54, 1.807) is 6.92 Å². The van der Waals surface area contributed by atoms with E-state index in [1.165, 1.54) is 11.3 Å². The van der Waals surface area contributed by atoms with Crippen LogP contribution in [0.3, 0.4) is 0 Å². The lowest BCUT2D eigenvalue weighted by atomic mass is 10.1. The molecular formula is C27H30N4O3S. The Morgan fingerprint density at radius 2 is 1.89 bits per heavy atom. The lowest BCUT2D eigenvalue weighted by Crippen LogP contribution is -2.04. The van der Waals surface area contributed by atoms with Crippen LogP contribution < -0.4 is 15.4 Å². The first-order chi connectivity index (χ1) is 16.9. The Morgan fingerprint density at radius 3 is 2.60 bits per heavy atom. The predicted octanol–water partition coefficient (Wildman–Crippen LogP) is 6.28. The number of carbonyl (C=O) groups excluding carboxylic acids is 2. The molecule has 35 heavy (non-hydrogen) atoms. The van der Waals surface area contributed by atoms with Crippen LogP contribution in [-0.2, 0) is 4.79 Å². The number of ketones is 1. The number of fused-ring (bicyclic) bond motifs is 1. The number of nitrogens with zero attached hydrogens (tertiary/aromatic N) is 2. The van der Waals surface area contributed by atoms with Crippen LogP contribution in [-0.4, -0.2) is 35.8 Å². The monoisotopic (exact) mass is 490 g/mol. The number of hydrogen-bond donors (Lipinski definition) is 2. The largest absolute Gasteiger partial charge is 0.491 e. The van der Waals surface area contributed by atoms with Crippen molar-refractivity contribution in [2.24, 2.45) is 5.92 Å². The Hall–Kier alpha value is -3.78. The van der Waals surface area contributed by atoms with Crippen LogP contribution in [0.4, 0.5) is 10.8 Å². The van der Waals surface area contributed by atoms with E-state index < -0.39 is 0 Å². The summed E-state index contributed by atoms with van der Waals surface area (Å²) in [7, 11) is 1.84. The van der Waals surface area contributed by atoms with E-state index in [4.69, 9.17) is 4.74 Å². The van der Waals surface area contributed by atoms with Crippen molar-refractivity contribution >= 4 is 44.7 Å². The summed E-state index contributed by atoms with van der Waals surface area (Å²) in [5, 5.41) is 6.48. The number of para-hydroxylation sites is 2. The molecule has 0 unspecified atom stereocenters. The van der Waals surface area contributed by atoms with Gasteiger partial charge in [0.15, 0.2) is 10.9 Å². The van der Waals surface area contributed by atoms with Gasteiger partial charge in [0.1, 0.15) is 16.1 Å². The maximum Gasteiger partial charge on any atom is 0.211 e. The molecule has 0 bridgehead atoms. The smallest absolute Gasteiger partial charge is 0.211 e. The summed E-state index contributed by atoms with van der Waals surface area (Å²) >= 11 is 1.52. The first-order valence-electron chi connectivity index (χ1n) is 11.4. The van der Waals surface area contributed by atoms with Crippen LogP contribution in [0.2, 0.25) is 0 Å². The standard InChI is InChI=1S/C15H13N3OS.C12H17NO2/c1-9(19)10-4-3-5-11(8-10)12-6-7-13-14(17-12)20-15(16-2)18-13;1-10(2)7-8-15-12-6-4-3-5-11(12)13-9-14/h3-8H,1-2H3,(H,16,18);3-6,9-10H,7-8H2,1-2H3,(H,13,14). The molecule has 0 saturated carbocycles. The van der Waals surface area contributed by atoms with Crippen molar-refractivity contribution in [3.05, 3.63) is 66.2 Å². The molecule has 0 spiro atoms. The number of amides is 1. The van der Waals surface area contributed by atoms with Gasteiger partial charge in [-0.1, -0.05) is 55.5 Å². The average molecular weight is 491 g/mol. The van der Waals surface area contributed by atoms with Gasteiger partial charge in [0.2, 0.25) is 6.41 Å². The minimum atomic E-state index is 0.0585. The SMILES string of the molecule is CC(C)CCOc1ccccc1NC=O.CNc1nc2ccc(-c3cccc(C(C)=O)c3)nc2s1. The molecule has 8 heteroatoms. The number of pyridine rings is 1. The number of Topliss-reactive ketones (excluding diaryl/α,β-unsaturated/α-hetero) is 1. The predicted molar refractivity (Wildman–Crippen MR) is 143 cm³/mol. The highest BCUT2D eigenvalue weighted by molar-refractivity contribution is 7.21. The Labute approximate surface area is 209 Å². The third kappa shape index (κ3) is 7.35. The van der Waals surface area contributed by atoms with E-state index in [2.05, 4.69) is 34.4 Å². The van der Waals surface area contributed by atoms with E-state index in [-0.39, 0.29) is 5.78 Å². The molecule has 7 nitrogen and oxygen atoms in total. The summed E-state index contributed by atoms with van der Waals surface area (Å²) < 4.78 is 5.58. The highest BCUT2D eigenvalue weighted by atomic mass is 32.1. The topological polar surface area (TPSA) is 93.2 Å². The molecule has 0 atom stereocenters. The number of carbonyl (C=O) groups is 2. The van der Waals surface area contributed by atoms with Gasteiger partial charge in [-0.3, -0.25) is 9.59 Å². The Morgan fingerprint density at radius 1 is 1.09 bits per heavy atom. The summed E-state index contributed by atoms with van der Waals surface area (Å²) in [5.41, 5.74) is 4.10. The van der Waals surface area contributed by atoms with Gasteiger partial charge in [-0.05, 0) is 49.6 Å². The molecule has 0 aliphatic heterocycles. The van der Waals surface area contributed by atoms with E-state index in [9.17, 15) is 9.59 Å². The number of anilines is 2. The molecule has 0 radical (unpaired) electrons. The second kappa shape index (κ2) is 12.6. The maximum absolute atomic E-state index is 11.4. The van der Waals surface area contributed by atoms with E-state index in [1.807, 2.05) is 67.7 Å². The average Bonchev–Trinajstić information content (AvgIpc) is 3.28. The fourth-order valence-corrected chi connectivity index (χ4v) is 3.95. The normalized spacial score (nSPS) is 10.4. The van der Waals surface area contributed by atoms with Crippen LogP contribution in [0, 0.1) is 5.92 Å². The minimum Gasteiger partial charge on any atom is -0.491 e. The van der Waals surface area contributed by atoms with Crippen LogP contribution in [0.15, 0.2) is 60.7 Å². The second-order valence-corrected chi connectivity index (χ2v) is 9.19. The zero-order chi connectivity index (χ0) is 25.2. The van der Waals surface area contributed by atoms with Crippen molar-refractivity contribution < 1.29 is 14.3 Å². The Balaban J connectivity index is 0.000000205. The molecule has 0 fully saturated rings. The highest BCUT2D eigenvalue weighted by Crippen LogP contribution is 2.27. The van der Waals surface area contributed by atoms with Gasteiger partial charge in [-0.2, -0.15) is 0 Å². The fraction of sp³-hybridized carbons (Fsp3) is 0.259. The molecule has 0 aliphatic carbocycles. The van der Waals surface area contributed by atoms with Crippen molar-refractivity contribution in [2.45, 2.75) is 27.2 Å².